The molecule has 0 spiro atoms. The Bertz CT molecular complexity index is 236. The highest BCUT2D eigenvalue weighted by molar-refractivity contribution is 7.79. The zero-order chi connectivity index (χ0) is 9.68. The van der Waals surface area contributed by atoms with E-state index in [4.69, 9.17) is 12.2 Å². The molecule has 0 aliphatic heterocycles. The van der Waals surface area contributed by atoms with Gasteiger partial charge in [-0.25, -0.2) is 0 Å². The lowest BCUT2D eigenvalue weighted by atomic mass is 9.99. The first-order valence-corrected chi connectivity index (χ1v) is 5.55. The van der Waals surface area contributed by atoms with E-state index in [-0.39, 0.29) is 0 Å². The first kappa shape index (κ1) is 10.6. The van der Waals surface area contributed by atoms with Gasteiger partial charge in [0.05, 0.1) is 0 Å². The van der Waals surface area contributed by atoms with Crippen LogP contribution in [0.2, 0.25) is 0 Å². The summed E-state index contributed by atoms with van der Waals surface area (Å²) in [5, 5.41) is 1.94. The molecule has 0 bridgehead atoms. The van der Waals surface area contributed by atoms with Gasteiger partial charge in [0, 0.05) is 5.92 Å². The van der Waals surface area contributed by atoms with E-state index in [9.17, 15) is 0 Å². The molecule has 72 valence electrons. The van der Waals surface area contributed by atoms with Crippen LogP contribution in [-0.2, 0) is 0 Å². The van der Waals surface area contributed by atoms with Gasteiger partial charge in [-0.3, -0.25) is 0 Å². The van der Waals surface area contributed by atoms with Crippen molar-refractivity contribution in [1.29, 1.82) is 0 Å². The van der Waals surface area contributed by atoms with Crippen LogP contribution >= 0.6 is 12.2 Å². The summed E-state index contributed by atoms with van der Waals surface area (Å²) in [5.74, 6) is 0.580. The van der Waals surface area contributed by atoms with Gasteiger partial charge in [0.25, 0.3) is 0 Å². The minimum absolute atomic E-state index is 0.580. The number of hydrogen-bond acceptors (Lipinski definition) is 1. The highest BCUT2D eigenvalue weighted by Crippen LogP contribution is 2.32. The standard InChI is InChI=1S/C12H18S/c1-3-4-5-6-12-10(2)7-8-11(12)9-13/h4-5,9,11H,3,6-8H2,1-2H3. The fourth-order valence-corrected chi connectivity index (χ4v) is 2.18. The molecule has 0 aromatic carbocycles. The Kier molecular flexibility index (Phi) is 4.37. The average molecular weight is 194 g/mol. The van der Waals surface area contributed by atoms with Crippen LogP contribution in [0.1, 0.15) is 39.5 Å². The molecule has 0 saturated carbocycles. The third-order valence-electron chi connectivity index (χ3n) is 2.73. The molecular weight excluding hydrogens is 176 g/mol. The Hall–Kier alpha value is -0.430. The van der Waals surface area contributed by atoms with Gasteiger partial charge >= 0.3 is 0 Å². The Morgan fingerprint density at radius 1 is 1.46 bits per heavy atom. The van der Waals surface area contributed by atoms with Gasteiger partial charge in [-0.1, -0.05) is 42.4 Å². The maximum absolute atomic E-state index is 5.04. The van der Waals surface area contributed by atoms with Crippen LogP contribution in [0, 0.1) is 5.92 Å². The molecule has 0 amide bonds. The predicted octanol–water partition coefficient (Wildman–Crippen LogP) is 4.07. The van der Waals surface area contributed by atoms with Crippen LogP contribution in [0.25, 0.3) is 0 Å². The number of allylic oxidation sites excluding steroid dienone is 4. The highest BCUT2D eigenvalue weighted by atomic mass is 32.1. The summed E-state index contributed by atoms with van der Waals surface area (Å²) in [6.45, 7) is 4.41. The molecule has 1 rings (SSSR count). The molecule has 0 saturated heterocycles. The van der Waals surface area contributed by atoms with Gasteiger partial charge in [0.1, 0.15) is 0 Å². The van der Waals surface area contributed by atoms with Crippen molar-refractivity contribution in [1.82, 2.24) is 0 Å². The molecule has 1 aliphatic carbocycles. The van der Waals surface area contributed by atoms with Gasteiger partial charge in [0.15, 0.2) is 0 Å². The molecule has 0 N–H and O–H groups in total. The van der Waals surface area contributed by atoms with E-state index < -0.39 is 0 Å². The van der Waals surface area contributed by atoms with Crippen LogP contribution in [0.5, 0.6) is 0 Å². The average Bonchev–Trinajstić information content (AvgIpc) is 2.48. The quantitative estimate of drug-likeness (QED) is 0.480. The number of rotatable bonds is 4. The summed E-state index contributed by atoms with van der Waals surface area (Å²) in [4.78, 5) is 0. The van der Waals surface area contributed by atoms with Crippen LogP contribution in [-0.4, -0.2) is 5.37 Å². The minimum atomic E-state index is 0.580. The molecule has 1 unspecified atom stereocenters. The Morgan fingerprint density at radius 2 is 2.23 bits per heavy atom. The maximum atomic E-state index is 5.04. The normalized spacial score (nSPS) is 23.1. The zero-order valence-electron chi connectivity index (χ0n) is 8.55. The largest absolute Gasteiger partial charge is 0.0928 e. The lowest BCUT2D eigenvalue weighted by molar-refractivity contribution is 0.784. The third kappa shape index (κ3) is 2.77. The van der Waals surface area contributed by atoms with E-state index >= 15 is 0 Å². The SMILES string of the molecule is CCC=CCC1=C(C)CCC1C=S. The molecule has 1 heteroatoms. The summed E-state index contributed by atoms with van der Waals surface area (Å²) >= 11 is 5.04. The van der Waals surface area contributed by atoms with Crippen molar-refractivity contribution in [2.24, 2.45) is 5.92 Å². The van der Waals surface area contributed by atoms with E-state index in [1.54, 1.807) is 11.1 Å². The van der Waals surface area contributed by atoms with Crippen molar-refractivity contribution >= 4 is 17.6 Å². The van der Waals surface area contributed by atoms with Gasteiger partial charge in [-0.05, 0) is 38.0 Å². The lowest BCUT2D eigenvalue weighted by Crippen LogP contribution is -1.98. The molecule has 0 aromatic heterocycles. The number of thiocarbonyl (C=S) groups is 1. The number of hydrogen-bond donors (Lipinski definition) is 0. The van der Waals surface area contributed by atoms with Crippen LogP contribution in [0.3, 0.4) is 0 Å². The lowest BCUT2D eigenvalue weighted by Gasteiger charge is -2.07. The molecule has 0 nitrogen and oxygen atoms in total. The Labute approximate surface area is 86.7 Å². The van der Waals surface area contributed by atoms with Crippen molar-refractivity contribution in [2.75, 3.05) is 0 Å². The Balaban J connectivity index is 2.59. The van der Waals surface area contributed by atoms with E-state index in [1.807, 2.05) is 5.37 Å². The first-order valence-electron chi connectivity index (χ1n) is 5.08. The third-order valence-corrected chi connectivity index (χ3v) is 3.06. The summed E-state index contributed by atoms with van der Waals surface area (Å²) in [7, 11) is 0. The van der Waals surface area contributed by atoms with Crippen LogP contribution in [0.4, 0.5) is 0 Å². The minimum Gasteiger partial charge on any atom is -0.0928 e. The molecule has 13 heavy (non-hydrogen) atoms. The van der Waals surface area contributed by atoms with Crippen molar-refractivity contribution in [3.8, 4) is 0 Å². The van der Waals surface area contributed by atoms with Crippen molar-refractivity contribution in [3.05, 3.63) is 23.3 Å². The molecular formula is C12H18S. The molecule has 0 aromatic rings. The van der Waals surface area contributed by atoms with Gasteiger partial charge in [0.2, 0.25) is 0 Å². The molecule has 0 radical (unpaired) electrons. The highest BCUT2D eigenvalue weighted by Gasteiger charge is 2.19. The fraction of sp³-hybridized carbons (Fsp3) is 0.583. The second-order valence-electron chi connectivity index (χ2n) is 3.67. The smallest absolute Gasteiger partial charge is 0.00903 e. The summed E-state index contributed by atoms with van der Waals surface area (Å²) in [6, 6.07) is 0. The van der Waals surface area contributed by atoms with Gasteiger partial charge in [-0.2, -0.15) is 0 Å². The monoisotopic (exact) mass is 194 g/mol. The van der Waals surface area contributed by atoms with E-state index in [0.717, 1.165) is 12.8 Å². The molecule has 0 fully saturated rings. The summed E-state index contributed by atoms with van der Waals surface area (Å²) in [6.07, 6.45) is 9.23. The second-order valence-corrected chi connectivity index (χ2v) is 3.94. The van der Waals surface area contributed by atoms with E-state index in [0.29, 0.717) is 5.92 Å². The van der Waals surface area contributed by atoms with Crippen molar-refractivity contribution in [2.45, 2.75) is 39.5 Å². The fourth-order valence-electron chi connectivity index (χ4n) is 1.88. The predicted molar refractivity (Wildman–Crippen MR) is 63.1 cm³/mol. The zero-order valence-corrected chi connectivity index (χ0v) is 9.36. The molecule has 0 heterocycles. The van der Waals surface area contributed by atoms with Gasteiger partial charge < -0.3 is 0 Å². The van der Waals surface area contributed by atoms with Crippen LogP contribution in [0.15, 0.2) is 23.3 Å². The van der Waals surface area contributed by atoms with E-state index in [1.165, 1.54) is 12.8 Å². The topological polar surface area (TPSA) is 0 Å². The van der Waals surface area contributed by atoms with Crippen molar-refractivity contribution in [3.63, 3.8) is 0 Å². The first-order chi connectivity index (χ1) is 6.29. The summed E-state index contributed by atoms with van der Waals surface area (Å²) < 4.78 is 0. The maximum Gasteiger partial charge on any atom is 0.00903 e. The molecule has 1 aliphatic rings. The van der Waals surface area contributed by atoms with E-state index in [2.05, 4.69) is 26.0 Å². The van der Waals surface area contributed by atoms with Crippen molar-refractivity contribution < 1.29 is 0 Å². The molecule has 1 atom stereocenters. The van der Waals surface area contributed by atoms with Gasteiger partial charge in [-0.15, -0.1) is 0 Å². The second kappa shape index (κ2) is 5.33. The summed E-state index contributed by atoms with van der Waals surface area (Å²) in [5.41, 5.74) is 3.13. The Morgan fingerprint density at radius 3 is 2.85 bits per heavy atom. The van der Waals surface area contributed by atoms with Crippen LogP contribution < -0.4 is 0 Å².